The third kappa shape index (κ3) is 5.21. The van der Waals surface area contributed by atoms with Crippen LogP contribution in [0.2, 0.25) is 0 Å². The number of hydrogen-bond acceptors (Lipinski definition) is 5. The molecular weight excluding hydrogens is 334 g/mol. The van der Waals surface area contributed by atoms with Crippen molar-refractivity contribution in [3.63, 3.8) is 0 Å². The Morgan fingerprint density at radius 3 is 2.69 bits per heavy atom. The summed E-state index contributed by atoms with van der Waals surface area (Å²) in [6.07, 6.45) is 1.19. The molecule has 1 N–H and O–H groups in total. The van der Waals surface area contributed by atoms with Gasteiger partial charge in [-0.2, -0.15) is 0 Å². The predicted octanol–water partition coefficient (Wildman–Crippen LogP) is 3.69. The van der Waals surface area contributed by atoms with E-state index in [9.17, 15) is 14.7 Å². The van der Waals surface area contributed by atoms with Crippen LogP contribution in [-0.4, -0.2) is 46.9 Å². The van der Waals surface area contributed by atoms with Gasteiger partial charge in [0.15, 0.2) is 0 Å². The van der Waals surface area contributed by atoms with Crippen LogP contribution >= 0.6 is 0 Å². The van der Waals surface area contributed by atoms with Gasteiger partial charge >= 0.3 is 12.1 Å². The van der Waals surface area contributed by atoms with Gasteiger partial charge in [0.2, 0.25) is 0 Å². The quantitative estimate of drug-likeness (QED) is 0.826. The van der Waals surface area contributed by atoms with Gasteiger partial charge in [-0.25, -0.2) is 9.59 Å². The van der Waals surface area contributed by atoms with Crippen molar-refractivity contribution in [1.29, 1.82) is 0 Å². The second-order valence-electron chi connectivity index (χ2n) is 7.53. The largest absolute Gasteiger partial charge is 0.462 e. The van der Waals surface area contributed by atoms with Crippen LogP contribution in [0.25, 0.3) is 0 Å². The summed E-state index contributed by atoms with van der Waals surface area (Å²) in [6.45, 7) is 8.06. The molecule has 0 aromatic heterocycles. The summed E-state index contributed by atoms with van der Waals surface area (Å²) in [6, 6.07) is 6.38. The predicted molar refractivity (Wildman–Crippen MR) is 97.9 cm³/mol. The Kier molecular flexibility index (Phi) is 6.64. The molecule has 6 nitrogen and oxygen atoms in total. The van der Waals surface area contributed by atoms with Crippen molar-refractivity contribution in [1.82, 2.24) is 4.90 Å². The lowest BCUT2D eigenvalue weighted by molar-refractivity contribution is -0.0169. The van der Waals surface area contributed by atoms with E-state index >= 15 is 0 Å². The number of rotatable bonds is 4. The third-order valence-electron chi connectivity index (χ3n) is 4.28. The Morgan fingerprint density at radius 2 is 2.04 bits per heavy atom. The summed E-state index contributed by atoms with van der Waals surface area (Å²) in [5, 5.41) is 10.9. The molecule has 0 spiro atoms. The molecule has 6 heteroatoms. The Labute approximate surface area is 155 Å². The molecule has 0 saturated carbocycles. The van der Waals surface area contributed by atoms with Crippen LogP contribution in [0.15, 0.2) is 24.3 Å². The second-order valence-corrected chi connectivity index (χ2v) is 7.53. The van der Waals surface area contributed by atoms with Gasteiger partial charge in [-0.1, -0.05) is 12.1 Å². The maximum Gasteiger partial charge on any atom is 0.410 e. The molecule has 1 saturated heterocycles. The lowest BCUT2D eigenvalue weighted by atomic mass is 9.92. The van der Waals surface area contributed by atoms with Crippen molar-refractivity contribution in [2.75, 3.05) is 13.2 Å². The van der Waals surface area contributed by atoms with Crippen molar-refractivity contribution in [2.24, 2.45) is 0 Å². The average molecular weight is 363 g/mol. The third-order valence-corrected chi connectivity index (χ3v) is 4.28. The van der Waals surface area contributed by atoms with E-state index in [0.717, 1.165) is 12.8 Å². The number of nitrogens with zero attached hydrogens (tertiary/aromatic N) is 1. The number of esters is 1. The Morgan fingerprint density at radius 1 is 1.31 bits per heavy atom. The van der Waals surface area contributed by atoms with Gasteiger partial charge in [-0.15, -0.1) is 0 Å². The molecule has 0 aliphatic carbocycles. The van der Waals surface area contributed by atoms with Crippen LogP contribution in [0.3, 0.4) is 0 Å². The molecule has 144 valence electrons. The first-order valence-electron chi connectivity index (χ1n) is 9.17. The van der Waals surface area contributed by atoms with E-state index in [1.54, 1.807) is 36.1 Å². The molecule has 0 bridgehead atoms. The fraction of sp³-hybridized carbons (Fsp3) is 0.600. The molecule has 1 aromatic rings. The van der Waals surface area contributed by atoms with Gasteiger partial charge in [0.25, 0.3) is 0 Å². The van der Waals surface area contributed by atoms with Crippen LogP contribution in [0.1, 0.15) is 69.0 Å². The average Bonchev–Trinajstić information content (AvgIpc) is 2.60. The highest BCUT2D eigenvalue weighted by atomic mass is 16.6. The normalized spacial score (nSPS) is 19.0. The van der Waals surface area contributed by atoms with Gasteiger partial charge in [-0.3, -0.25) is 0 Å². The number of aliphatic hydroxyl groups is 1. The van der Waals surface area contributed by atoms with E-state index in [-0.39, 0.29) is 6.04 Å². The van der Waals surface area contributed by atoms with E-state index in [1.807, 2.05) is 20.8 Å². The summed E-state index contributed by atoms with van der Waals surface area (Å²) in [7, 11) is 0. The van der Waals surface area contributed by atoms with Gasteiger partial charge in [0, 0.05) is 6.54 Å². The number of piperidine rings is 1. The van der Waals surface area contributed by atoms with Crippen molar-refractivity contribution in [3.8, 4) is 0 Å². The SMILES string of the molecule is CCOC(=O)c1cccc(C(O)[C@@H]2CCCCN2C(=O)OC(C)(C)C)c1. The van der Waals surface area contributed by atoms with E-state index in [0.29, 0.717) is 30.7 Å². The highest BCUT2D eigenvalue weighted by Crippen LogP contribution is 2.30. The molecule has 1 aliphatic rings. The minimum Gasteiger partial charge on any atom is -0.462 e. The molecule has 0 radical (unpaired) electrons. The Bertz CT molecular complexity index is 637. The molecule has 1 fully saturated rings. The van der Waals surface area contributed by atoms with Crippen molar-refractivity contribution in [3.05, 3.63) is 35.4 Å². The zero-order chi connectivity index (χ0) is 19.3. The Balaban J connectivity index is 2.20. The molecule has 1 aliphatic heterocycles. The summed E-state index contributed by atoms with van der Waals surface area (Å²) >= 11 is 0. The standard InChI is InChI=1S/C20H29NO5/c1-5-25-18(23)15-10-8-9-14(13-15)17(22)16-11-6-7-12-21(16)19(24)26-20(2,3)4/h8-10,13,16-17,22H,5-7,11-12H2,1-4H3/t16-,17?/m0/s1. The first kappa shape index (κ1) is 20.2. The van der Waals surface area contributed by atoms with Crippen LogP contribution in [-0.2, 0) is 9.47 Å². The van der Waals surface area contributed by atoms with Gasteiger partial charge < -0.3 is 19.5 Å². The van der Waals surface area contributed by atoms with Crippen LogP contribution in [0.5, 0.6) is 0 Å². The molecule has 1 aromatic carbocycles. The van der Waals surface area contributed by atoms with Crippen molar-refractivity contribution >= 4 is 12.1 Å². The van der Waals surface area contributed by atoms with E-state index in [4.69, 9.17) is 9.47 Å². The fourth-order valence-electron chi connectivity index (χ4n) is 3.12. The molecule has 2 atom stereocenters. The Hall–Kier alpha value is -2.08. The first-order valence-corrected chi connectivity index (χ1v) is 9.17. The number of amides is 1. The molecule has 2 rings (SSSR count). The number of aliphatic hydroxyl groups excluding tert-OH is 1. The van der Waals surface area contributed by atoms with Crippen molar-refractivity contribution < 1.29 is 24.2 Å². The molecule has 1 unspecified atom stereocenters. The van der Waals surface area contributed by atoms with Gasteiger partial charge in [0.05, 0.1) is 24.3 Å². The first-order chi connectivity index (χ1) is 12.2. The fourth-order valence-corrected chi connectivity index (χ4v) is 3.12. The zero-order valence-electron chi connectivity index (χ0n) is 16.0. The summed E-state index contributed by atoms with van der Waals surface area (Å²) in [5.74, 6) is -0.422. The zero-order valence-corrected chi connectivity index (χ0v) is 16.0. The maximum atomic E-state index is 12.5. The van der Waals surface area contributed by atoms with Crippen molar-refractivity contribution in [2.45, 2.75) is 64.7 Å². The molecule has 26 heavy (non-hydrogen) atoms. The molecule has 1 amide bonds. The van der Waals surface area contributed by atoms with Crippen LogP contribution < -0.4 is 0 Å². The number of carbonyl (C=O) groups excluding carboxylic acids is 2. The lowest BCUT2D eigenvalue weighted by Gasteiger charge is -2.39. The highest BCUT2D eigenvalue weighted by Gasteiger charge is 2.35. The van der Waals surface area contributed by atoms with Crippen LogP contribution in [0, 0.1) is 0 Å². The summed E-state index contributed by atoms with van der Waals surface area (Å²) < 4.78 is 10.5. The summed E-state index contributed by atoms with van der Waals surface area (Å²) in [5.41, 5.74) is 0.396. The summed E-state index contributed by atoms with van der Waals surface area (Å²) in [4.78, 5) is 26.1. The minimum absolute atomic E-state index is 0.292. The number of benzene rings is 1. The number of carbonyl (C=O) groups is 2. The molecule has 1 heterocycles. The van der Waals surface area contributed by atoms with Gasteiger partial charge in [0.1, 0.15) is 5.60 Å². The highest BCUT2D eigenvalue weighted by molar-refractivity contribution is 5.89. The number of ether oxygens (including phenoxy) is 2. The topological polar surface area (TPSA) is 76.1 Å². The smallest absolute Gasteiger partial charge is 0.410 e. The number of likely N-dealkylation sites (tertiary alicyclic amines) is 1. The second kappa shape index (κ2) is 8.54. The van der Waals surface area contributed by atoms with E-state index < -0.39 is 23.8 Å². The number of hydrogen-bond donors (Lipinski definition) is 1. The minimum atomic E-state index is -0.891. The maximum absolute atomic E-state index is 12.5. The van der Waals surface area contributed by atoms with Crippen LogP contribution in [0.4, 0.5) is 4.79 Å². The molecular formula is C20H29NO5. The lowest BCUT2D eigenvalue weighted by Crippen LogP contribution is -2.48. The van der Waals surface area contributed by atoms with E-state index in [1.165, 1.54) is 0 Å². The monoisotopic (exact) mass is 363 g/mol. The van der Waals surface area contributed by atoms with Gasteiger partial charge in [-0.05, 0) is 64.7 Å². The van der Waals surface area contributed by atoms with E-state index in [2.05, 4.69) is 0 Å².